The molecule has 2 N–H and O–H groups in total. The molecule has 4 aromatic rings. The lowest BCUT2D eigenvalue weighted by Gasteiger charge is -2.23. The van der Waals surface area contributed by atoms with Gasteiger partial charge >= 0.3 is 5.97 Å². The number of phenolic OH excluding ortho intramolecular Hbond substituents is 1. The van der Waals surface area contributed by atoms with Gasteiger partial charge in [0.05, 0.1) is 5.52 Å². The molecule has 40 heavy (non-hydrogen) atoms. The van der Waals surface area contributed by atoms with E-state index < -0.39 is 14.0 Å². The zero-order valence-corrected chi connectivity index (χ0v) is 24.6. The minimum absolute atomic E-state index is 0.0832. The van der Waals surface area contributed by atoms with Gasteiger partial charge in [0.15, 0.2) is 12.1 Å². The largest absolute Gasteiger partial charge is 0.508 e. The van der Waals surface area contributed by atoms with Crippen molar-refractivity contribution in [3.8, 4) is 28.4 Å². The molecule has 2 aromatic heterocycles. The quantitative estimate of drug-likeness (QED) is 0.179. The summed E-state index contributed by atoms with van der Waals surface area (Å²) in [5.74, 6) is -0.918. The van der Waals surface area contributed by atoms with Gasteiger partial charge in [-0.25, -0.2) is 14.2 Å². The maximum absolute atomic E-state index is 11.8. The average molecular weight is 564 g/mol. The Morgan fingerprint density at radius 3 is 2.67 bits per heavy atom. The summed E-state index contributed by atoms with van der Waals surface area (Å²) < 4.78 is 15.4. The summed E-state index contributed by atoms with van der Waals surface area (Å²) in [7, 11) is -1.29. The van der Waals surface area contributed by atoms with E-state index in [0.717, 1.165) is 59.3 Å². The summed E-state index contributed by atoms with van der Waals surface area (Å²) in [6.45, 7) is 10.2. The lowest BCUT2D eigenvalue weighted by molar-refractivity contribution is -0.0365. The van der Waals surface area contributed by atoms with E-state index in [1.807, 2.05) is 22.9 Å². The number of aromatic nitrogens is 5. The average Bonchev–Trinajstić information content (AvgIpc) is 3.52. The number of rotatable bonds is 10. The highest BCUT2D eigenvalue weighted by atomic mass is 28.3. The Bertz CT molecular complexity index is 1520. The summed E-state index contributed by atoms with van der Waals surface area (Å²) in [6.07, 6.45) is 3.40. The van der Waals surface area contributed by atoms with Crippen molar-refractivity contribution in [2.75, 3.05) is 13.2 Å². The number of carbonyl (C=O) groups is 1. The van der Waals surface area contributed by atoms with Crippen LogP contribution in [0.5, 0.6) is 5.75 Å². The predicted molar refractivity (Wildman–Crippen MR) is 155 cm³/mol. The van der Waals surface area contributed by atoms with Crippen LogP contribution in [-0.2, 0) is 22.6 Å². The standard InChI is InChI=1S/C29H37N5O5Si/c1-5-19-16-21(35)10-12-22(19)20-9-11-23-24(17-20)34(25-8-6-7-13-39-25)31-26(23)28-30-27(29(36)37)32-33(28)18-38-14-15-40(2,3)4/h9-12,16-17,25,35H,5-8,13-15,18H2,1-4H3,(H,36,37). The third kappa shape index (κ3) is 5.96. The third-order valence-corrected chi connectivity index (χ3v) is 8.91. The Morgan fingerprint density at radius 2 is 1.98 bits per heavy atom. The van der Waals surface area contributed by atoms with Crippen molar-refractivity contribution in [2.45, 2.75) is 71.3 Å². The van der Waals surface area contributed by atoms with Crippen LogP contribution in [0.25, 0.3) is 33.5 Å². The van der Waals surface area contributed by atoms with Gasteiger partial charge in [0.25, 0.3) is 5.82 Å². The number of ether oxygens (including phenoxy) is 2. The van der Waals surface area contributed by atoms with Crippen molar-refractivity contribution < 1.29 is 24.5 Å². The first kappa shape index (κ1) is 28.0. The zero-order chi connectivity index (χ0) is 28.4. The number of benzene rings is 2. The van der Waals surface area contributed by atoms with E-state index in [9.17, 15) is 15.0 Å². The second-order valence-corrected chi connectivity index (χ2v) is 17.1. The van der Waals surface area contributed by atoms with Gasteiger partial charge in [-0.1, -0.05) is 38.7 Å². The number of carboxylic acids is 1. The second kappa shape index (κ2) is 11.5. The van der Waals surface area contributed by atoms with E-state index in [1.165, 1.54) is 4.68 Å². The molecule has 0 amide bonds. The molecule has 0 bridgehead atoms. The highest BCUT2D eigenvalue weighted by molar-refractivity contribution is 6.76. The van der Waals surface area contributed by atoms with E-state index in [-0.39, 0.29) is 24.5 Å². The van der Waals surface area contributed by atoms with Gasteiger partial charge in [0.2, 0.25) is 0 Å². The van der Waals surface area contributed by atoms with Gasteiger partial charge in [0, 0.05) is 26.7 Å². The fraction of sp³-hybridized carbons (Fsp3) is 0.448. The first-order valence-corrected chi connectivity index (χ1v) is 17.6. The summed E-state index contributed by atoms with van der Waals surface area (Å²) in [5, 5.41) is 29.7. The Morgan fingerprint density at radius 1 is 1.15 bits per heavy atom. The molecular weight excluding hydrogens is 526 g/mol. The topological polar surface area (TPSA) is 125 Å². The number of aromatic carboxylic acids is 1. The van der Waals surface area contributed by atoms with Crippen LogP contribution in [-0.4, -0.2) is 62.0 Å². The number of fused-ring (bicyclic) bond motifs is 1. The van der Waals surface area contributed by atoms with Gasteiger partial charge in [-0.05, 0) is 72.7 Å². The highest BCUT2D eigenvalue weighted by Gasteiger charge is 2.26. The highest BCUT2D eigenvalue weighted by Crippen LogP contribution is 2.36. The van der Waals surface area contributed by atoms with Crippen LogP contribution in [0.2, 0.25) is 25.7 Å². The summed E-state index contributed by atoms with van der Waals surface area (Å²) in [6, 6.07) is 12.5. The Labute approximate surface area is 234 Å². The molecule has 2 aromatic carbocycles. The number of aryl methyl sites for hydroxylation is 1. The molecule has 5 rings (SSSR count). The van der Waals surface area contributed by atoms with Crippen molar-refractivity contribution >= 4 is 24.9 Å². The summed E-state index contributed by atoms with van der Waals surface area (Å²) in [4.78, 5) is 16.2. The fourth-order valence-corrected chi connectivity index (χ4v) is 5.74. The molecule has 1 aliphatic heterocycles. The number of hydrogen-bond acceptors (Lipinski definition) is 7. The number of aromatic hydroxyl groups is 1. The predicted octanol–water partition coefficient (Wildman–Crippen LogP) is 5.94. The molecule has 3 heterocycles. The van der Waals surface area contributed by atoms with Crippen LogP contribution in [0.1, 0.15) is 48.6 Å². The van der Waals surface area contributed by atoms with E-state index in [1.54, 1.807) is 12.1 Å². The van der Waals surface area contributed by atoms with Crippen LogP contribution in [0.15, 0.2) is 36.4 Å². The van der Waals surface area contributed by atoms with Crippen LogP contribution in [0.4, 0.5) is 0 Å². The first-order chi connectivity index (χ1) is 19.1. The molecule has 1 unspecified atom stereocenters. The molecule has 0 radical (unpaired) electrons. The van der Waals surface area contributed by atoms with Gasteiger partial charge < -0.3 is 19.7 Å². The molecule has 1 fully saturated rings. The van der Waals surface area contributed by atoms with Gasteiger partial charge in [0.1, 0.15) is 18.2 Å². The Hall–Kier alpha value is -3.54. The fourth-order valence-electron chi connectivity index (χ4n) is 4.99. The molecule has 0 spiro atoms. The summed E-state index contributed by atoms with van der Waals surface area (Å²) >= 11 is 0. The lowest BCUT2D eigenvalue weighted by Crippen LogP contribution is -2.22. The first-order valence-electron chi connectivity index (χ1n) is 13.9. The molecule has 11 heteroatoms. The maximum Gasteiger partial charge on any atom is 0.375 e. The molecule has 0 saturated carbocycles. The second-order valence-electron chi connectivity index (χ2n) is 11.5. The lowest BCUT2D eigenvalue weighted by atomic mass is 9.96. The van der Waals surface area contributed by atoms with E-state index >= 15 is 0 Å². The van der Waals surface area contributed by atoms with E-state index in [2.05, 4.69) is 42.7 Å². The van der Waals surface area contributed by atoms with Crippen molar-refractivity contribution in [3.05, 3.63) is 47.8 Å². The molecule has 212 valence electrons. The number of carboxylic acid groups (broad SMARTS) is 1. The minimum atomic E-state index is -1.29. The zero-order valence-electron chi connectivity index (χ0n) is 23.6. The van der Waals surface area contributed by atoms with Crippen molar-refractivity contribution in [2.24, 2.45) is 0 Å². The van der Waals surface area contributed by atoms with Crippen molar-refractivity contribution in [1.82, 2.24) is 24.5 Å². The number of hydrogen-bond donors (Lipinski definition) is 2. The third-order valence-electron chi connectivity index (χ3n) is 7.20. The monoisotopic (exact) mass is 563 g/mol. The van der Waals surface area contributed by atoms with Crippen LogP contribution in [0.3, 0.4) is 0 Å². The molecule has 1 saturated heterocycles. The molecule has 1 atom stereocenters. The van der Waals surface area contributed by atoms with Gasteiger partial charge in [-0.15, -0.1) is 5.10 Å². The molecule has 1 aliphatic rings. The smallest absolute Gasteiger partial charge is 0.375 e. The van der Waals surface area contributed by atoms with Crippen LogP contribution >= 0.6 is 0 Å². The SMILES string of the molecule is CCc1cc(O)ccc1-c1ccc2c(-c3nc(C(=O)O)nn3COCC[Si](C)(C)C)nn(C3CCCCO3)c2c1. The van der Waals surface area contributed by atoms with Crippen LogP contribution < -0.4 is 0 Å². The van der Waals surface area contributed by atoms with E-state index in [4.69, 9.17) is 14.6 Å². The Kier molecular flexibility index (Phi) is 8.06. The van der Waals surface area contributed by atoms with E-state index in [0.29, 0.717) is 24.7 Å². The minimum Gasteiger partial charge on any atom is -0.508 e. The normalized spacial score (nSPS) is 16.1. The Balaban J connectivity index is 1.61. The number of nitrogens with zero attached hydrogens (tertiary/aromatic N) is 5. The van der Waals surface area contributed by atoms with Crippen molar-refractivity contribution in [3.63, 3.8) is 0 Å². The van der Waals surface area contributed by atoms with Crippen molar-refractivity contribution in [1.29, 1.82) is 0 Å². The van der Waals surface area contributed by atoms with Gasteiger partial charge in [-0.3, -0.25) is 0 Å². The molecule has 0 aliphatic carbocycles. The number of phenols is 1. The van der Waals surface area contributed by atoms with Gasteiger partial charge in [-0.2, -0.15) is 10.1 Å². The summed E-state index contributed by atoms with van der Waals surface area (Å²) in [5.41, 5.74) is 4.47. The van der Waals surface area contributed by atoms with Crippen LogP contribution in [0, 0.1) is 0 Å². The maximum atomic E-state index is 11.8. The molecule has 10 nitrogen and oxygen atoms in total. The molecular formula is C29H37N5O5Si.